The Kier molecular flexibility index (Phi) is 12.6. The second-order valence-electron chi connectivity index (χ2n) is 15.3. The lowest BCUT2D eigenvalue weighted by atomic mass is 10.0. The maximum Gasteiger partial charge on any atom is 0.319 e. The van der Waals surface area contributed by atoms with Gasteiger partial charge in [-0.2, -0.15) is 0 Å². The first-order valence-electron chi connectivity index (χ1n) is 19.8. The van der Waals surface area contributed by atoms with Crippen LogP contribution in [0.5, 0.6) is 0 Å². The second-order valence-corrected chi connectivity index (χ2v) is 15.7. The summed E-state index contributed by atoms with van der Waals surface area (Å²) >= 11 is 5.70. The molecule has 62 heavy (non-hydrogen) atoms. The Morgan fingerprint density at radius 2 is 1.11 bits per heavy atom. The minimum absolute atomic E-state index is 0.0957. The summed E-state index contributed by atoms with van der Waals surface area (Å²) < 4.78 is 13.2. The zero-order chi connectivity index (χ0) is 44.2. The quantitative estimate of drug-likeness (QED) is 0.133. The molecule has 2 atom stereocenters. The molecule has 2 fully saturated rings. The Labute approximate surface area is 359 Å². The third-order valence-electron chi connectivity index (χ3n) is 11.0. The first-order chi connectivity index (χ1) is 29.6. The Balaban J connectivity index is 0.000000186. The molecule has 16 nitrogen and oxygen atoms in total. The number of nitrogens with zero attached hydrogens (tertiary/aromatic N) is 2. The minimum Gasteiger partial charge on any atom is -0.334 e. The monoisotopic (exact) mass is 864 g/mol. The van der Waals surface area contributed by atoms with E-state index in [1.165, 1.54) is 21.9 Å². The maximum absolute atomic E-state index is 13.2. The molecule has 4 aromatic rings. The SMILES string of the molecule is Cc1ccc(NC(=O)NCc2ccc3c(c2)CN(C2CCC(=O)NC2=O)C3=O)cc1C.O=C1CCC(N2Cc3cc(CNC(=O)Nc4ccc(F)c(Cl)c4)ccc3C2=O)C(=O)N1. The number of fused-ring (bicyclic) bond motifs is 2. The number of hydrogen-bond donors (Lipinski definition) is 6. The number of aryl methyl sites for hydroxylation is 2. The third-order valence-corrected chi connectivity index (χ3v) is 11.3. The summed E-state index contributed by atoms with van der Waals surface area (Å²) in [5.74, 6) is -2.57. The number of amides is 10. The first kappa shape index (κ1) is 43.0. The van der Waals surface area contributed by atoms with Crippen LogP contribution in [0, 0.1) is 19.7 Å². The van der Waals surface area contributed by atoms with Crippen molar-refractivity contribution in [2.45, 2.75) is 77.8 Å². The van der Waals surface area contributed by atoms with E-state index in [-0.39, 0.29) is 60.6 Å². The van der Waals surface area contributed by atoms with Crippen molar-refractivity contribution in [3.05, 3.63) is 128 Å². The lowest BCUT2D eigenvalue weighted by Crippen LogP contribution is -2.52. The predicted molar refractivity (Wildman–Crippen MR) is 224 cm³/mol. The molecule has 4 heterocycles. The van der Waals surface area contributed by atoms with Crippen LogP contribution < -0.4 is 31.9 Å². The van der Waals surface area contributed by atoms with Gasteiger partial charge >= 0.3 is 12.1 Å². The van der Waals surface area contributed by atoms with Gasteiger partial charge in [-0.1, -0.05) is 41.9 Å². The number of rotatable bonds is 8. The highest BCUT2D eigenvalue weighted by Crippen LogP contribution is 2.30. The van der Waals surface area contributed by atoms with Crippen molar-refractivity contribution in [1.29, 1.82) is 0 Å². The lowest BCUT2D eigenvalue weighted by molar-refractivity contribution is -0.138. The average Bonchev–Trinajstić information content (AvgIpc) is 3.73. The van der Waals surface area contributed by atoms with Gasteiger partial charge in [0.25, 0.3) is 11.8 Å². The molecule has 8 rings (SSSR count). The van der Waals surface area contributed by atoms with Crippen LogP contribution in [0.15, 0.2) is 72.8 Å². The first-order valence-corrected chi connectivity index (χ1v) is 20.2. The number of benzene rings is 4. The van der Waals surface area contributed by atoms with Crippen LogP contribution in [-0.4, -0.2) is 69.4 Å². The molecular weight excluding hydrogens is 823 g/mol. The number of nitrogens with one attached hydrogen (secondary N) is 6. The number of carbonyl (C=O) groups excluding carboxylic acids is 8. The van der Waals surface area contributed by atoms with Crippen LogP contribution in [0.3, 0.4) is 0 Å². The van der Waals surface area contributed by atoms with Crippen molar-refractivity contribution in [3.8, 4) is 0 Å². The fourth-order valence-electron chi connectivity index (χ4n) is 7.58. The molecule has 0 spiro atoms. The smallest absolute Gasteiger partial charge is 0.319 e. The highest BCUT2D eigenvalue weighted by atomic mass is 35.5. The fraction of sp³-hybridized carbons (Fsp3) is 0.273. The lowest BCUT2D eigenvalue weighted by Gasteiger charge is -2.29. The zero-order valence-electron chi connectivity index (χ0n) is 33.7. The molecule has 2 unspecified atom stereocenters. The van der Waals surface area contributed by atoms with Crippen molar-refractivity contribution >= 4 is 70.5 Å². The third kappa shape index (κ3) is 9.73. The Bertz CT molecular complexity index is 2380. The van der Waals surface area contributed by atoms with Crippen molar-refractivity contribution < 1.29 is 42.7 Å². The van der Waals surface area contributed by atoms with Gasteiger partial charge in [0.1, 0.15) is 17.9 Å². The second kappa shape index (κ2) is 18.2. The van der Waals surface area contributed by atoms with Gasteiger partial charge in [-0.3, -0.25) is 39.4 Å². The molecule has 4 aromatic carbocycles. The minimum atomic E-state index is -0.674. The van der Waals surface area contributed by atoms with Gasteiger partial charge in [-0.05, 0) is 103 Å². The molecule has 18 heteroatoms. The number of urea groups is 2. The number of piperidine rings is 2. The average molecular weight is 865 g/mol. The molecular formula is C44H42ClFN8O8. The van der Waals surface area contributed by atoms with Crippen molar-refractivity contribution in [1.82, 2.24) is 31.1 Å². The van der Waals surface area contributed by atoms with Gasteiger partial charge in [0, 0.05) is 61.5 Å². The molecule has 6 N–H and O–H groups in total. The standard InChI is InChI=1S/C23H24N4O4.C21H18ClFN4O4/c1-13-3-5-17(9-14(13)2)25-23(31)24-11-15-4-6-18-16(10-15)12-27(22(18)30)19-7-8-20(28)26-21(19)29;22-15-8-13(2-4-16(15)23)25-21(31)24-9-11-1-3-14-12(7-11)10-27(20(14)30)17-5-6-18(28)26-19(17)29/h3-6,9-10,19H,7-8,11-12H2,1-2H3,(H2,24,25,31)(H,26,28,29);1-4,7-8,17H,5-6,9-10H2,(H2,24,25,31)(H,26,28,29). The van der Waals surface area contributed by atoms with E-state index in [1.54, 1.807) is 30.3 Å². The molecule has 0 aliphatic carbocycles. The van der Waals surface area contributed by atoms with E-state index in [4.69, 9.17) is 11.6 Å². The molecule has 0 aromatic heterocycles. The molecule has 4 aliphatic heterocycles. The summed E-state index contributed by atoms with van der Waals surface area (Å²) in [7, 11) is 0. The molecule has 10 amide bonds. The predicted octanol–water partition coefficient (Wildman–Crippen LogP) is 4.95. The van der Waals surface area contributed by atoms with Gasteiger partial charge in [0.15, 0.2) is 0 Å². The van der Waals surface area contributed by atoms with E-state index in [0.29, 0.717) is 42.7 Å². The normalized spacial score (nSPS) is 17.9. The van der Waals surface area contributed by atoms with E-state index in [0.717, 1.165) is 45.1 Å². The van der Waals surface area contributed by atoms with Gasteiger partial charge in [0.05, 0.1) is 5.02 Å². The van der Waals surface area contributed by atoms with Crippen LogP contribution >= 0.6 is 11.6 Å². The summed E-state index contributed by atoms with van der Waals surface area (Å²) in [6, 6.07) is 18.0. The van der Waals surface area contributed by atoms with E-state index < -0.39 is 35.7 Å². The summed E-state index contributed by atoms with van der Waals surface area (Å²) in [5.41, 5.74) is 7.56. The van der Waals surface area contributed by atoms with Gasteiger partial charge < -0.3 is 31.1 Å². The fourth-order valence-corrected chi connectivity index (χ4v) is 7.76. The molecule has 2 saturated heterocycles. The van der Waals surface area contributed by atoms with E-state index in [2.05, 4.69) is 31.9 Å². The Morgan fingerprint density at radius 1 is 0.645 bits per heavy atom. The zero-order valence-corrected chi connectivity index (χ0v) is 34.4. The number of halogens is 2. The number of anilines is 2. The summed E-state index contributed by atoms with van der Waals surface area (Å²) in [6.45, 7) is 5.07. The van der Waals surface area contributed by atoms with Gasteiger partial charge in [-0.15, -0.1) is 0 Å². The van der Waals surface area contributed by atoms with Gasteiger partial charge in [-0.25, -0.2) is 14.0 Å². The maximum atomic E-state index is 13.2. The molecule has 4 aliphatic rings. The summed E-state index contributed by atoms with van der Waals surface area (Å²) in [5, 5.41) is 15.4. The van der Waals surface area contributed by atoms with Crippen molar-refractivity contribution in [2.75, 3.05) is 10.6 Å². The van der Waals surface area contributed by atoms with Crippen molar-refractivity contribution in [2.24, 2.45) is 0 Å². The Hall–Kier alpha value is -7.14. The van der Waals surface area contributed by atoms with E-state index in [1.807, 2.05) is 38.1 Å². The van der Waals surface area contributed by atoms with Crippen LogP contribution in [0.25, 0.3) is 0 Å². The summed E-state index contributed by atoms with van der Waals surface area (Å²) in [4.78, 5) is 99.7. The van der Waals surface area contributed by atoms with E-state index >= 15 is 0 Å². The van der Waals surface area contributed by atoms with E-state index in [9.17, 15) is 42.7 Å². The number of hydrogen-bond acceptors (Lipinski definition) is 8. The number of imide groups is 2. The molecule has 320 valence electrons. The van der Waals surface area contributed by atoms with Crippen LogP contribution in [0.1, 0.15) is 79.8 Å². The van der Waals surface area contributed by atoms with Gasteiger partial charge in [0.2, 0.25) is 23.6 Å². The molecule has 0 radical (unpaired) electrons. The van der Waals surface area contributed by atoms with Crippen LogP contribution in [-0.2, 0) is 45.4 Å². The topological polar surface area (TPSA) is 215 Å². The highest BCUT2D eigenvalue weighted by molar-refractivity contribution is 6.31. The molecule has 0 bridgehead atoms. The highest BCUT2D eigenvalue weighted by Gasteiger charge is 2.40. The summed E-state index contributed by atoms with van der Waals surface area (Å²) in [6.07, 6.45) is 1.05. The Morgan fingerprint density at radius 3 is 1.56 bits per heavy atom. The number of carbonyl (C=O) groups is 8. The molecule has 0 saturated carbocycles. The van der Waals surface area contributed by atoms with Crippen molar-refractivity contribution in [3.63, 3.8) is 0 Å². The van der Waals surface area contributed by atoms with Crippen LogP contribution in [0.4, 0.5) is 25.4 Å². The van der Waals surface area contributed by atoms with Crippen LogP contribution in [0.2, 0.25) is 5.02 Å². The largest absolute Gasteiger partial charge is 0.334 e.